The topological polar surface area (TPSA) is 47.3 Å². The number of hydrogen-bond acceptors (Lipinski definition) is 3. The lowest BCUT2D eigenvalue weighted by Gasteiger charge is -1.97. The van der Waals surface area contributed by atoms with Crippen LogP contribution in [0.4, 0.5) is 0 Å². The second kappa shape index (κ2) is 4.94. The Kier molecular flexibility index (Phi) is 3.12. The van der Waals surface area contributed by atoms with E-state index >= 15 is 0 Å². The van der Waals surface area contributed by atoms with Crippen molar-refractivity contribution < 1.29 is 14.0 Å². The fraction of sp³-hybridized carbons (Fsp3) is 0. The fourth-order valence-electron chi connectivity index (χ4n) is 1.99. The number of benzene rings is 2. The molecule has 0 unspecified atom stereocenters. The molecule has 0 saturated carbocycles. The Labute approximate surface area is 119 Å². The highest BCUT2D eigenvalue weighted by atomic mass is 35.5. The first-order valence-electron chi connectivity index (χ1n) is 5.96. The molecule has 0 spiro atoms. The summed E-state index contributed by atoms with van der Waals surface area (Å²) in [7, 11) is 0. The molecule has 0 fully saturated rings. The number of carbonyl (C=O) groups is 2. The summed E-state index contributed by atoms with van der Waals surface area (Å²) >= 11 is 5.79. The Morgan fingerprint density at radius 1 is 1.05 bits per heavy atom. The van der Waals surface area contributed by atoms with Crippen molar-refractivity contribution in [2.75, 3.05) is 0 Å². The van der Waals surface area contributed by atoms with Crippen LogP contribution in [0.25, 0.3) is 11.0 Å². The van der Waals surface area contributed by atoms with E-state index in [1.54, 1.807) is 48.5 Å². The van der Waals surface area contributed by atoms with Crippen LogP contribution in [0.2, 0.25) is 5.02 Å². The highest BCUT2D eigenvalue weighted by Gasteiger charge is 2.14. The van der Waals surface area contributed by atoms with Gasteiger partial charge < -0.3 is 4.42 Å². The average molecular weight is 285 g/mol. The zero-order chi connectivity index (χ0) is 14.1. The second-order valence-electron chi connectivity index (χ2n) is 4.36. The highest BCUT2D eigenvalue weighted by molar-refractivity contribution is 6.30. The number of aldehydes is 1. The van der Waals surface area contributed by atoms with Crippen molar-refractivity contribution in [3.05, 3.63) is 70.4 Å². The third kappa shape index (κ3) is 2.24. The Hall–Kier alpha value is -2.39. The van der Waals surface area contributed by atoms with E-state index in [4.69, 9.17) is 16.0 Å². The summed E-state index contributed by atoms with van der Waals surface area (Å²) in [5.41, 5.74) is 1.63. The summed E-state index contributed by atoms with van der Waals surface area (Å²) in [6.07, 6.45) is 0.757. The van der Waals surface area contributed by atoms with Crippen LogP contribution >= 0.6 is 11.6 Å². The monoisotopic (exact) mass is 284 g/mol. The molecule has 0 bridgehead atoms. The van der Waals surface area contributed by atoms with Gasteiger partial charge in [0.25, 0.3) is 0 Å². The number of fused-ring (bicyclic) bond motifs is 1. The number of hydrogen-bond donors (Lipinski definition) is 0. The van der Waals surface area contributed by atoms with Gasteiger partial charge in [-0.2, -0.15) is 0 Å². The number of halogens is 1. The van der Waals surface area contributed by atoms with Crippen LogP contribution in [0.3, 0.4) is 0 Å². The SMILES string of the molecule is O=Cc1ccc2oc(C(=O)c3ccc(Cl)cc3)cc2c1. The van der Waals surface area contributed by atoms with Crippen LogP contribution in [0.5, 0.6) is 0 Å². The minimum atomic E-state index is -0.217. The lowest BCUT2D eigenvalue weighted by molar-refractivity contribution is 0.101. The number of furan rings is 1. The van der Waals surface area contributed by atoms with Crippen molar-refractivity contribution in [1.29, 1.82) is 0 Å². The van der Waals surface area contributed by atoms with Crippen LogP contribution in [0, 0.1) is 0 Å². The lowest BCUT2D eigenvalue weighted by Crippen LogP contribution is -1.98. The largest absolute Gasteiger partial charge is 0.453 e. The number of ketones is 1. The van der Waals surface area contributed by atoms with Crippen molar-refractivity contribution in [2.24, 2.45) is 0 Å². The quantitative estimate of drug-likeness (QED) is 0.537. The van der Waals surface area contributed by atoms with Gasteiger partial charge in [-0.15, -0.1) is 0 Å². The van der Waals surface area contributed by atoms with Crippen LogP contribution in [0.1, 0.15) is 26.5 Å². The number of carbonyl (C=O) groups excluding carboxylic acids is 2. The first kappa shape index (κ1) is 12.6. The molecular weight excluding hydrogens is 276 g/mol. The van der Waals surface area contributed by atoms with Gasteiger partial charge in [0.1, 0.15) is 11.9 Å². The van der Waals surface area contributed by atoms with Crippen molar-refractivity contribution in [1.82, 2.24) is 0 Å². The van der Waals surface area contributed by atoms with Crippen LogP contribution in [-0.2, 0) is 0 Å². The van der Waals surface area contributed by atoms with E-state index in [-0.39, 0.29) is 11.5 Å². The van der Waals surface area contributed by atoms with Crippen molar-refractivity contribution in [2.45, 2.75) is 0 Å². The van der Waals surface area contributed by atoms with Crippen molar-refractivity contribution >= 4 is 34.6 Å². The first-order chi connectivity index (χ1) is 9.67. The van der Waals surface area contributed by atoms with E-state index in [9.17, 15) is 9.59 Å². The Morgan fingerprint density at radius 2 is 1.80 bits per heavy atom. The molecule has 0 N–H and O–H groups in total. The van der Waals surface area contributed by atoms with Gasteiger partial charge in [-0.1, -0.05) is 11.6 Å². The van der Waals surface area contributed by atoms with Gasteiger partial charge in [0.15, 0.2) is 5.76 Å². The molecule has 3 nitrogen and oxygen atoms in total. The molecule has 0 aliphatic heterocycles. The summed E-state index contributed by atoms with van der Waals surface area (Å²) in [5, 5.41) is 1.30. The van der Waals surface area contributed by atoms with Gasteiger partial charge >= 0.3 is 0 Å². The minimum Gasteiger partial charge on any atom is -0.453 e. The van der Waals surface area contributed by atoms with E-state index in [0.717, 1.165) is 11.7 Å². The first-order valence-corrected chi connectivity index (χ1v) is 6.34. The molecule has 0 atom stereocenters. The molecule has 0 saturated heterocycles. The van der Waals surface area contributed by atoms with Crippen molar-refractivity contribution in [3.8, 4) is 0 Å². The Balaban J connectivity index is 2.03. The Bertz CT molecular complexity index is 800. The molecule has 1 aromatic heterocycles. The smallest absolute Gasteiger partial charge is 0.228 e. The summed E-state index contributed by atoms with van der Waals surface area (Å²) in [6, 6.07) is 13.3. The normalized spacial score (nSPS) is 10.7. The van der Waals surface area contributed by atoms with E-state index in [1.165, 1.54) is 0 Å². The molecule has 3 aromatic rings. The summed E-state index contributed by atoms with van der Waals surface area (Å²) in [4.78, 5) is 23.0. The molecular formula is C16H9ClO3. The zero-order valence-electron chi connectivity index (χ0n) is 10.3. The number of rotatable bonds is 3. The van der Waals surface area contributed by atoms with E-state index in [1.807, 2.05) is 0 Å². The van der Waals surface area contributed by atoms with Gasteiger partial charge in [0.05, 0.1) is 0 Å². The maximum Gasteiger partial charge on any atom is 0.228 e. The van der Waals surface area contributed by atoms with Gasteiger partial charge in [0, 0.05) is 21.5 Å². The molecule has 98 valence electrons. The third-order valence-corrected chi connectivity index (χ3v) is 3.26. The molecule has 1 heterocycles. The van der Waals surface area contributed by atoms with Gasteiger partial charge in [-0.25, -0.2) is 0 Å². The van der Waals surface area contributed by atoms with E-state index in [0.29, 0.717) is 21.7 Å². The fourth-order valence-corrected chi connectivity index (χ4v) is 2.12. The predicted molar refractivity (Wildman–Crippen MR) is 76.5 cm³/mol. The molecule has 2 aromatic carbocycles. The second-order valence-corrected chi connectivity index (χ2v) is 4.80. The van der Waals surface area contributed by atoms with E-state index in [2.05, 4.69) is 0 Å². The minimum absolute atomic E-state index is 0.217. The lowest BCUT2D eigenvalue weighted by atomic mass is 10.1. The van der Waals surface area contributed by atoms with E-state index < -0.39 is 0 Å². The molecule has 20 heavy (non-hydrogen) atoms. The highest BCUT2D eigenvalue weighted by Crippen LogP contribution is 2.23. The molecule has 0 aliphatic rings. The van der Waals surface area contributed by atoms with Gasteiger partial charge in [-0.3, -0.25) is 9.59 Å². The summed E-state index contributed by atoms with van der Waals surface area (Å²) < 4.78 is 5.52. The van der Waals surface area contributed by atoms with Crippen LogP contribution < -0.4 is 0 Å². The third-order valence-electron chi connectivity index (χ3n) is 3.01. The summed E-state index contributed by atoms with van der Waals surface area (Å²) in [5.74, 6) is 0.0240. The standard InChI is InChI=1S/C16H9ClO3/c17-13-4-2-11(3-5-13)16(19)15-8-12-7-10(9-18)1-6-14(12)20-15/h1-9H. The van der Waals surface area contributed by atoms with Crippen molar-refractivity contribution in [3.63, 3.8) is 0 Å². The Morgan fingerprint density at radius 3 is 2.50 bits per heavy atom. The molecule has 3 rings (SSSR count). The molecule has 0 radical (unpaired) electrons. The summed E-state index contributed by atoms with van der Waals surface area (Å²) in [6.45, 7) is 0. The predicted octanol–water partition coefficient (Wildman–Crippen LogP) is 4.13. The molecule has 0 aliphatic carbocycles. The van der Waals surface area contributed by atoms with Gasteiger partial charge in [0.2, 0.25) is 5.78 Å². The molecule has 0 amide bonds. The van der Waals surface area contributed by atoms with Crippen LogP contribution in [-0.4, -0.2) is 12.1 Å². The zero-order valence-corrected chi connectivity index (χ0v) is 11.1. The maximum absolute atomic E-state index is 12.3. The average Bonchev–Trinajstić information content (AvgIpc) is 2.90. The molecule has 4 heteroatoms. The van der Waals surface area contributed by atoms with Gasteiger partial charge in [-0.05, 0) is 48.5 Å². The maximum atomic E-state index is 12.3. The van der Waals surface area contributed by atoms with Crippen LogP contribution in [0.15, 0.2) is 52.9 Å².